The lowest BCUT2D eigenvalue weighted by molar-refractivity contribution is -0.133. The third-order valence-electron chi connectivity index (χ3n) is 4.53. The van der Waals surface area contributed by atoms with Crippen LogP contribution in [0.1, 0.15) is 39.7 Å². The molecule has 5 heteroatoms. The highest BCUT2D eigenvalue weighted by Crippen LogP contribution is 2.20. The molecule has 0 unspecified atom stereocenters. The molecule has 150 valence electrons. The molecule has 2 rings (SSSR count). The van der Waals surface area contributed by atoms with E-state index in [1.54, 1.807) is 4.90 Å². The van der Waals surface area contributed by atoms with Gasteiger partial charge in [0.05, 0.1) is 6.61 Å². The molecule has 28 heavy (non-hydrogen) atoms. The number of hydrogen-bond donors (Lipinski definition) is 0. The second-order valence-electron chi connectivity index (χ2n) is 6.95. The van der Waals surface area contributed by atoms with Gasteiger partial charge in [0.2, 0.25) is 11.8 Å². The molecule has 0 aromatic heterocycles. The van der Waals surface area contributed by atoms with Crippen molar-refractivity contribution in [1.29, 1.82) is 0 Å². The fourth-order valence-electron chi connectivity index (χ4n) is 3.05. The van der Waals surface area contributed by atoms with E-state index in [-0.39, 0.29) is 24.3 Å². The fourth-order valence-corrected chi connectivity index (χ4v) is 3.05. The van der Waals surface area contributed by atoms with Crippen molar-refractivity contribution in [2.45, 2.75) is 46.7 Å². The van der Waals surface area contributed by atoms with Crippen LogP contribution in [0.4, 0.5) is 5.69 Å². The molecule has 0 saturated heterocycles. The van der Waals surface area contributed by atoms with Crippen LogP contribution in [-0.4, -0.2) is 35.9 Å². The van der Waals surface area contributed by atoms with Gasteiger partial charge in [-0.1, -0.05) is 30.3 Å². The van der Waals surface area contributed by atoms with Gasteiger partial charge in [-0.3, -0.25) is 9.59 Å². The van der Waals surface area contributed by atoms with Crippen LogP contribution in [0.3, 0.4) is 0 Å². The van der Waals surface area contributed by atoms with Crippen molar-refractivity contribution in [3.05, 3.63) is 60.2 Å². The second-order valence-corrected chi connectivity index (χ2v) is 6.95. The molecule has 0 aliphatic carbocycles. The summed E-state index contributed by atoms with van der Waals surface area (Å²) >= 11 is 0. The zero-order valence-corrected chi connectivity index (χ0v) is 17.2. The molecule has 2 amide bonds. The molecular weight excluding hydrogens is 352 g/mol. The lowest BCUT2D eigenvalue weighted by Gasteiger charge is -2.28. The number of benzene rings is 2. The monoisotopic (exact) mass is 382 g/mol. The van der Waals surface area contributed by atoms with Crippen molar-refractivity contribution in [2.24, 2.45) is 0 Å². The van der Waals surface area contributed by atoms with Crippen LogP contribution in [0.25, 0.3) is 0 Å². The normalized spacial score (nSPS) is 10.6. The number of hydrogen-bond acceptors (Lipinski definition) is 3. The molecule has 0 radical (unpaired) electrons. The summed E-state index contributed by atoms with van der Waals surface area (Å²) in [6.07, 6.45) is 0.276. The van der Waals surface area contributed by atoms with Crippen LogP contribution in [0.5, 0.6) is 5.75 Å². The minimum absolute atomic E-state index is 0.0380. The van der Waals surface area contributed by atoms with Gasteiger partial charge in [0.25, 0.3) is 0 Å². The minimum Gasteiger partial charge on any atom is -0.494 e. The molecule has 0 N–H and O–H groups in total. The lowest BCUT2D eigenvalue weighted by Crippen LogP contribution is -2.39. The number of carbonyl (C=O) groups is 2. The van der Waals surface area contributed by atoms with Crippen LogP contribution >= 0.6 is 0 Å². The number of nitrogens with zero attached hydrogens (tertiary/aromatic N) is 2. The van der Waals surface area contributed by atoms with Gasteiger partial charge >= 0.3 is 0 Å². The van der Waals surface area contributed by atoms with Crippen LogP contribution in [0.15, 0.2) is 54.6 Å². The predicted octanol–water partition coefficient (Wildman–Crippen LogP) is 4.27. The van der Waals surface area contributed by atoms with E-state index in [0.29, 0.717) is 19.7 Å². The minimum atomic E-state index is -0.0869. The summed E-state index contributed by atoms with van der Waals surface area (Å²) in [6, 6.07) is 17.4. The summed E-state index contributed by atoms with van der Waals surface area (Å²) in [7, 11) is 0. The van der Waals surface area contributed by atoms with E-state index in [1.165, 1.54) is 6.92 Å². The summed E-state index contributed by atoms with van der Waals surface area (Å²) in [5, 5.41) is 0. The van der Waals surface area contributed by atoms with Crippen molar-refractivity contribution in [2.75, 3.05) is 18.1 Å². The Morgan fingerprint density at radius 1 is 1.00 bits per heavy atom. The molecule has 0 fully saturated rings. The topological polar surface area (TPSA) is 49.9 Å². The van der Waals surface area contributed by atoms with Gasteiger partial charge in [-0.05, 0) is 50.6 Å². The highest BCUT2D eigenvalue weighted by atomic mass is 16.5. The highest BCUT2D eigenvalue weighted by molar-refractivity contribution is 5.92. The van der Waals surface area contributed by atoms with Gasteiger partial charge in [0, 0.05) is 38.2 Å². The molecule has 0 bridgehead atoms. The molecule has 0 spiro atoms. The van der Waals surface area contributed by atoms with Gasteiger partial charge in [0.15, 0.2) is 0 Å². The molecule has 0 saturated carbocycles. The quantitative estimate of drug-likeness (QED) is 0.651. The number of amides is 2. The smallest absolute Gasteiger partial charge is 0.224 e. The second kappa shape index (κ2) is 10.5. The first kappa shape index (κ1) is 21.5. The first-order valence-electron chi connectivity index (χ1n) is 9.76. The van der Waals surface area contributed by atoms with Gasteiger partial charge < -0.3 is 14.5 Å². The number of carbonyl (C=O) groups excluding carboxylic acids is 2. The zero-order chi connectivity index (χ0) is 20.5. The van der Waals surface area contributed by atoms with Gasteiger partial charge in [0.1, 0.15) is 5.75 Å². The van der Waals surface area contributed by atoms with Gasteiger partial charge in [-0.15, -0.1) is 0 Å². The standard InChI is InChI=1S/C23H30N2O3/c1-5-28-22-13-11-21(12-14-22)24(19(4)26)16-15-23(27)25(18(2)3)17-20-9-7-6-8-10-20/h6-14,18H,5,15-17H2,1-4H3. The van der Waals surface area contributed by atoms with Crippen LogP contribution in [0.2, 0.25) is 0 Å². The summed E-state index contributed by atoms with van der Waals surface area (Å²) in [5.41, 5.74) is 1.86. The average molecular weight is 383 g/mol. The molecular formula is C23H30N2O3. The van der Waals surface area contributed by atoms with Crippen molar-refractivity contribution >= 4 is 17.5 Å². The van der Waals surface area contributed by atoms with E-state index in [0.717, 1.165) is 17.0 Å². The van der Waals surface area contributed by atoms with Crippen molar-refractivity contribution in [3.63, 3.8) is 0 Å². The Hall–Kier alpha value is -2.82. The summed E-state index contributed by atoms with van der Waals surface area (Å²) in [4.78, 5) is 28.5. The van der Waals surface area contributed by atoms with Gasteiger partial charge in [-0.2, -0.15) is 0 Å². The third kappa shape index (κ3) is 6.12. The summed E-state index contributed by atoms with van der Waals surface area (Å²) in [6.45, 7) is 8.98. The van der Waals surface area contributed by atoms with Crippen LogP contribution < -0.4 is 9.64 Å². The van der Waals surface area contributed by atoms with E-state index < -0.39 is 0 Å². The Balaban J connectivity index is 2.04. The molecule has 0 atom stereocenters. The van der Waals surface area contributed by atoms with Crippen LogP contribution in [0, 0.1) is 0 Å². The molecule has 5 nitrogen and oxygen atoms in total. The molecule has 2 aromatic carbocycles. The van der Waals surface area contributed by atoms with Crippen LogP contribution in [-0.2, 0) is 16.1 Å². The number of rotatable bonds is 9. The maximum atomic E-state index is 12.9. The average Bonchev–Trinajstić information content (AvgIpc) is 2.68. The van der Waals surface area contributed by atoms with Crippen molar-refractivity contribution < 1.29 is 14.3 Å². The first-order valence-corrected chi connectivity index (χ1v) is 9.76. The fraction of sp³-hybridized carbons (Fsp3) is 0.391. The van der Waals surface area contributed by atoms with E-state index in [2.05, 4.69) is 0 Å². The predicted molar refractivity (Wildman–Crippen MR) is 112 cm³/mol. The first-order chi connectivity index (χ1) is 13.4. The summed E-state index contributed by atoms with van der Waals surface area (Å²) in [5.74, 6) is 0.715. The molecule has 0 heterocycles. The Morgan fingerprint density at radius 3 is 2.18 bits per heavy atom. The van der Waals surface area contributed by atoms with E-state index in [9.17, 15) is 9.59 Å². The Morgan fingerprint density at radius 2 is 1.64 bits per heavy atom. The Labute approximate surface area is 167 Å². The SMILES string of the molecule is CCOc1ccc(N(CCC(=O)N(Cc2ccccc2)C(C)C)C(C)=O)cc1. The maximum Gasteiger partial charge on any atom is 0.224 e. The van der Waals surface area contributed by atoms with Crippen molar-refractivity contribution in [3.8, 4) is 5.75 Å². The Kier molecular flexibility index (Phi) is 8.05. The largest absolute Gasteiger partial charge is 0.494 e. The third-order valence-corrected chi connectivity index (χ3v) is 4.53. The van der Waals surface area contributed by atoms with E-state index in [4.69, 9.17) is 4.74 Å². The molecule has 0 aliphatic rings. The van der Waals surface area contributed by atoms with E-state index in [1.807, 2.05) is 80.3 Å². The van der Waals surface area contributed by atoms with Crippen molar-refractivity contribution in [1.82, 2.24) is 4.90 Å². The Bertz CT molecular complexity index is 757. The number of anilines is 1. The lowest BCUT2D eigenvalue weighted by atomic mass is 10.1. The zero-order valence-electron chi connectivity index (χ0n) is 17.2. The summed E-state index contributed by atoms with van der Waals surface area (Å²) < 4.78 is 5.45. The maximum absolute atomic E-state index is 12.9. The van der Waals surface area contributed by atoms with Gasteiger partial charge in [-0.25, -0.2) is 0 Å². The molecule has 0 aliphatic heterocycles. The highest BCUT2D eigenvalue weighted by Gasteiger charge is 2.20. The van der Waals surface area contributed by atoms with E-state index >= 15 is 0 Å². The number of ether oxygens (including phenoxy) is 1. The molecule has 2 aromatic rings.